The lowest BCUT2D eigenvalue weighted by atomic mass is 9.49. The molecule has 21 heavy (non-hydrogen) atoms. The van der Waals surface area contributed by atoms with Crippen LogP contribution in [0.3, 0.4) is 0 Å². The summed E-state index contributed by atoms with van der Waals surface area (Å²) in [5, 5.41) is 12.1. The molecule has 0 radical (unpaired) electrons. The number of rotatable bonds is 5. The lowest BCUT2D eigenvalue weighted by molar-refractivity contribution is -0.151. The number of carbonyl (C=O) groups is 2. The van der Waals surface area contributed by atoms with Crippen molar-refractivity contribution >= 4 is 11.9 Å². The Morgan fingerprint density at radius 2 is 1.71 bits per heavy atom. The Hall–Kier alpha value is -1.32. The smallest absolute Gasteiger partial charge is 0.326 e. The third-order valence-corrected chi connectivity index (χ3v) is 5.73. The van der Waals surface area contributed by atoms with Crippen LogP contribution in [-0.4, -0.2) is 23.0 Å². The summed E-state index contributed by atoms with van der Waals surface area (Å²) in [4.78, 5) is 24.1. The van der Waals surface area contributed by atoms with E-state index in [1.165, 1.54) is 19.3 Å². The molecule has 2 N–H and O–H groups in total. The van der Waals surface area contributed by atoms with Crippen LogP contribution in [0.1, 0.15) is 51.9 Å². The molecular formula is C17H25NO3. The van der Waals surface area contributed by atoms with Gasteiger partial charge >= 0.3 is 5.97 Å². The molecule has 116 valence electrons. The van der Waals surface area contributed by atoms with Crippen LogP contribution in [0.2, 0.25) is 0 Å². The van der Waals surface area contributed by atoms with Crippen molar-refractivity contribution in [3.63, 3.8) is 0 Å². The third kappa shape index (κ3) is 2.72. The molecular weight excluding hydrogens is 266 g/mol. The average Bonchev–Trinajstić information content (AvgIpc) is 2.41. The van der Waals surface area contributed by atoms with Crippen molar-refractivity contribution in [3.05, 3.63) is 12.2 Å². The lowest BCUT2D eigenvalue weighted by Gasteiger charge is -2.55. The van der Waals surface area contributed by atoms with Gasteiger partial charge in [0.05, 0.1) is 0 Å². The van der Waals surface area contributed by atoms with Gasteiger partial charge in [0.2, 0.25) is 5.91 Å². The summed E-state index contributed by atoms with van der Waals surface area (Å²) in [6.45, 7) is 1.86. The molecule has 0 heterocycles. The molecule has 4 nitrogen and oxygen atoms in total. The van der Waals surface area contributed by atoms with Gasteiger partial charge in [0.1, 0.15) is 6.04 Å². The molecule has 4 aliphatic rings. The van der Waals surface area contributed by atoms with E-state index in [1.807, 2.05) is 13.0 Å². The molecule has 0 saturated heterocycles. The fourth-order valence-corrected chi connectivity index (χ4v) is 5.19. The standard InChI is InChI=1S/C17H25NO3/c1-2-3-4-14(15(19)20)18-16(21)17-8-11-5-12(9-17)7-13(6-11)10-17/h2-3,11-14H,4-10H2,1H3,(H,18,21)(H,19,20)/b3-2+. The number of nitrogens with one attached hydrogen (secondary N) is 1. The second-order valence-corrected chi connectivity index (χ2v) is 7.37. The Labute approximate surface area is 126 Å². The molecule has 4 aliphatic carbocycles. The topological polar surface area (TPSA) is 66.4 Å². The first-order valence-corrected chi connectivity index (χ1v) is 8.17. The van der Waals surface area contributed by atoms with E-state index in [0.29, 0.717) is 24.2 Å². The SMILES string of the molecule is C/C=C/CC(NC(=O)C12CC3CC(CC(C3)C1)C2)C(=O)O. The molecule has 0 aromatic carbocycles. The monoisotopic (exact) mass is 291 g/mol. The molecule has 4 bridgehead atoms. The van der Waals surface area contributed by atoms with Crippen molar-refractivity contribution < 1.29 is 14.7 Å². The molecule has 0 aliphatic heterocycles. The van der Waals surface area contributed by atoms with Gasteiger partial charge in [-0.25, -0.2) is 4.79 Å². The van der Waals surface area contributed by atoms with Gasteiger partial charge in [0, 0.05) is 5.41 Å². The third-order valence-electron chi connectivity index (χ3n) is 5.73. The first kappa shape index (κ1) is 14.6. The van der Waals surface area contributed by atoms with E-state index in [0.717, 1.165) is 19.3 Å². The quantitative estimate of drug-likeness (QED) is 0.765. The minimum atomic E-state index is -0.939. The number of hydrogen-bond acceptors (Lipinski definition) is 2. The average molecular weight is 291 g/mol. The maximum absolute atomic E-state index is 12.8. The summed E-state index contributed by atoms with van der Waals surface area (Å²) in [5.74, 6) is 1.15. The minimum Gasteiger partial charge on any atom is -0.480 e. The van der Waals surface area contributed by atoms with E-state index < -0.39 is 12.0 Å². The first-order chi connectivity index (χ1) is 10.0. The highest BCUT2D eigenvalue weighted by atomic mass is 16.4. The maximum Gasteiger partial charge on any atom is 0.326 e. The van der Waals surface area contributed by atoms with Crippen LogP contribution in [0.5, 0.6) is 0 Å². The molecule has 4 saturated carbocycles. The molecule has 4 rings (SSSR count). The summed E-state index contributed by atoms with van der Waals surface area (Å²) in [6.07, 6.45) is 10.8. The Balaban J connectivity index is 1.71. The van der Waals surface area contributed by atoms with Crippen LogP contribution in [0.25, 0.3) is 0 Å². The predicted octanol–water partition coefficient (Wildman–Crippen LogP) is 2.74. The van der Waals surface area contributed by atoms with Gasteiger partial charge in [-0.15, -0.1) is 0 Å². The van der Waals surface area contributed by atoms with Crippen LogP contribution >= 0.6 is 0 Å². The number of aliphatic carboxylic acids is 1. The zero-order chi connectivity index (χ0) is 15.0. The molecule has 4 fully saturated rings. The number of carboxylic acid groups (broad SMARTS) is 1. The van der Waals surface area contributed by atoms with Gasteiger partial charge in [-0.1, -0.05) is 12.2 Å². The zero-order valence-corrected chi connectivity index (χ0v) is 12.7. The Morgan fingerprint density at radius 3 is 2.14 bits per heavy atom. The van der Waals surface area contributed by atoms with Crippen molar-refractivity contribution in [1.29, 1.82) is 0 Å². The summed E-state index contributed by atoms with van der Waals surface area (Å²) in [5.41, 5.74) is -0.265. The van der Waals surface area contributed by atoms with Gasteiger partial charge in [0.25, 0.3) is 0 Å². The van der Waals surface area contributed by atoms with Crippen molar-refractivity contribution in [1.82, 2.24) is 5.32 Å². The van der Waals surface area contributed by atoms with E-state index in [4.69, 9.17) is 0 Å². The normalized spacial score (nSPS) is 38.6. The number of allylic oxidation sites excluding steroid dienone is 1. The van der Waals surface area contributed by atoms with E-state index in [-0.39, 0.29) is 11.3 Å². The van der Waals surface area contributed by atoms with Crippen LogP contribution in [0.4, 0.5) is 0 Å². The van der Waals surface area contributed by atoms with Gasteiger partial charge in [0.15, 0.2) is 0 Å². The van der Waals surface area contributed by atoms with Crippen LogP contribution in [0, 0.1) is 23.2 Å². The van der Waals surface area contributed by atoms with E-state index in [2.05, 4.69) is 5.32 Å². The number of carbonyl (C=O) groups excluding carboxylic acids is 1. The van der Waals surface area contributed by atoms with Crippen LogP contribution < -0.4 is 5.32 Å². The summed E-state index contributed by atoms with van der Waals surface area (Å²) < 4.78 is 0. The second-order valence-electron chi connectivity index (χ2n) is 7.37. The van der Waals surface area contributed by atoms with Gasteiger partial charge in [-0.2, -0.15) is 0 Å². The summed E-state index contributed by atoms with van der Waals surface area (Å²) >= 11 is 0. The van der Waals surface area contributed by atoms with Crippen molar-refractivity contribution in [2.45, 2.75) is 57.9 Å². The zero-order valence-electron chi connectivity index (χ0n) is 12.7. The Bertz CT molecular complexity index is 433. The molecule has 1 unspecified atom stereocenters. The largest absolute Gasteiger partial charge is 0.480 e. The van der Waals surface area contributed by atoms with E-state index in [1.54, 1.807) is 6.08 Å². The molecule has 4 heteroatoms. The van der Waals surface area contributed by atoms with Gasteiger partial charge < -0.3 is 10.4 Å². The lowest BCUT2D eigenvalue weighted by Crippen LogP contribution is -2.56. The molecule has 1 atom stereocenters. The number of hydrogen-bond donors (Lipinski definition) is 2. The second kappa shape index (κ2) is 5.47. The molecule has 0 aromatic heterocycles. The van der Waals surface area contributed by atoms with Crippen molar-refractivity contribution in [2.24, 2.45) is 23.2 Å². The number of carboxylic acids is 1. The highest BCUT2D eigenvalue weighted by Gasteiger charge is 2.54. The van der Waals surface area contributed by atoms with Crippen molar-refractivity contribution in [3.8, 4) is 0 Å². The Morgan fingerprint density at radius 1 is 1.19 bits per heavy atom. The predicted molar refractivity (Wildman–Crippen MR) is 79.6 cm³/mol. The van der Waals surface area contributed by atoms with Crippen LogP contribution in [0.15, 0.2) is 12.2 Å². The van der Waals surface area contributed by atoms with E-state index >= 15 is 0 Å². The minimum absolute atomic E-state index is 0.00139. The van der Waals surface area contributed by atoms with Crippen LogP contribution in [-0.2, 0) is 9.59 Å². The molecule has 1 amide bonds. The fraction of sp³-hybridized carbons (Fsp3) is 0.765. The van der Waals surface area contributed by atoms with Crippen molar-refractivity contribution in [2.75, 3.05) is 0 Å². The Kier molecular flexibility index (Phi) is 3.80. The highest BCUT2D eigenvalue weighted by molar-refractivity contribution is 5.88. The van der Waals surface area contributed by atoms with Gasteiger partial charge in [-0.3, -0.25) is 4.79 Å². The summed E-state index contributed by atoms with van der Waals surface area (Å²) in [6, 6.07) is -0.790. The maximum atomic E-state index is 12.8. The molecule has 0 spiro atoms. The number of amides is 1. The van der Waals surface area contributed by atoms with E-state index in [9.17, 15) is 14.7 Å². The molecule has 0 aromatic rings. The first-order valence-electron chi connectivity index (χ1n) is 8.17. The van der Waals surface area contributed by atoms with Gasteiger partial charge in [-0.05, 0) is 69.6 Å². The highest BCUT2D eigenvalue weighted by Crippen LogP contribution is 2.60. The summed E-state index contributed by atoms with van der Waals surface area (Å²) in [7, 11) is 0. The fourth-order valence-electron chi connectivity index (χ4n) is 5.19.